The Morgan fingerprint density at radius 3 is 2.69 bits per heavy atom. The van der Waals surface area contributed by atoms with Gasteiger partial charge in [0.05, 0.1) is 11.7 Å². The summed E-state index contributed by atoms with van der Waals surface area (Å²) in [5.41, 5.74) is 1.82. The molecule has 0 amide bonds. The van der Waals surface area contributed by atoms with Gasteiger partial charge < -0.3 is 10.4 Å². The lowest BCUT2D eigenvalue weighted by atomic mass is 10.1. The highest BCUT2D eigenvalue weighted by Crippen LogP contribution is 2.25. The lowest BCUT2D eigenvalue weighted by Gasteiger charge is -2.16. The third kappa shape index (κ3) is 2.31. The summed E-state index contributed by atoms with van der Waals surface area (Å²) >= 11 is 0. The molecule has 2 rings (SSSR count). The van der Waals surface area contributed by atoms with E-state index in [-0.39, 0.29) is 6.04 Å². The van der Waals surface area contributed by atoms with Crippen LogP contribution in [0.15, 0.2) is 48.8 Å². The predicted octanol–water partition coefficient (Wildman–Crippen LogP) is 2.96. The number of para-hydroxylation sites is 1. The number of phenolic OH excluding ortho intramolecular Hbond substituents is 1. The fourth-order valence-corrected chi connectivity index (χ4v) is 1.63. The summed E-state index contributed by atoms with van der Waals surface area (Å²) in [5.74, 6) is 0.311. The molecule has 82 valence electrons. The van der Waals surface area contributed by atoms with Crippen molar-refractivity contribution in [3.63, 3.8) is 0 Å². The van der Waals surface area contributed by atoms with Crippen LogP contribution in [0.1, 0.15) is 18.5 Å². The molecule has 0 bridgehead atoms. The third-order valence-electron chi connectivity index (χ3n) is 2.45. The monoisotopic (exact) mass is 214 g/mol. The normalized spacial score (nSPS) is 12.1. The third-order valence-corrected chi connectivity index (χ3v) is 2.45. The molecule has 1 atom stereocenters. The zero-order valence-corrected chi connectivity index (χ0v) is 9.09. The first-order valence-electron chi connectivity index (χ1n) is 5.22. The highest BCUT2D eigenvalue weighted by Gasteiger charge is 2.08. The molecule has 2 aromatic rings. The van der Waals surface area contributed by atoms with Gasteiger partial charge in [0.1, 0.15) is 5.75 Å². The molecule has 3 heteroatoms. The number of anilines is 1. The van der Waals surface area contributed by atoms with Crippen LogP contribution in [0.3, 0.4) is 0 Å². The van der Waals surface area contributed by atoms with Crippen LogP contribution in [-0.2, 0) is 0 Å². The van der Waals surface area contributed by atoms with E-state index in [1.165, 1.54) is 0 Å². The summed E-state index contributed by atoms with van der Waals surface area (Å²) in [7, 11) is 0. The molecule has 0 aliphatic heterocycles. The van der Waals surface area contributed by atoms with E-state index in [1.807, 2.05) is 37.3 Å². The first-order valence-corrected chi connectivity index (χ1v) is 5.22. The van der Waals surface area contributed by atoms with Crippen molar-refractivity contribution in [2.24, 2.45) is 0 Å². The van der Waals surface area contributed by atoms with E-state index in [0.717, 1.165) is 11.3 Å². The van der Waals surface area contributed by atoms with Gasteiger partial charge in [-0.15, -0.1) is 0 Å². The van der Waals surface area contributed by atoms with E-state index in [1.54, 1.807) is 18.5 Å². The van der Waals surface area contributed by atoms with Gasteiger partial charge in [0.15, 0.2) is 0 Å². The van der Waals surface area contributed by atoms with Crippen LogP contribution >= 0.6 is 0 Å². The molecular formula is C13H14N2O. The second kappa shape index (κ2) is 4.66. The Morgan fingerprint density at radius 2 is 2.00 bits per heavy atom. The molecule has 0 fully saturated rings. The van der Waals surface area contributed by atoms with Gasteiger partial charge in [-0.2, -0.15) is 0 Å². The Labute approximate surface area is 94.8 Å². The van der Waals surface area contributed by atoms with Gasteiger partial charge in [0.2, 0.25) is 0 Å². The second-order valence-corrected chi connectivity index (χ2v) is 3.67. The average molecular weight is 214 g/mol. The Kier molecular flexibility index (Phi) is 3.05. The molecule has 16 heavy (non-hydrogen) atoms. The summed E-state index contributed by atoms with van der Waals surface area (Å²) in [5, 5.41) is 13.0. The van der Waals surface area contributed by atoms with Gasteiger partial charge in [-0.3, -0.25) is 4.98 Å². The minimum absolute atomic E-state index is 0.0467. The first-order chi connectivity index (χ1) is 7.77. The number of phenols is 1. The molecule has 0 spiro atoms. The fourth-order valence-electron chi connectivity index (χ4n) is 1.63. The number of aromatic nitrogens is 1. The van der Waals surface area contributed by atoms with Crippen molar-refractivity contribution in [1.82, 2.24) is 4.98 Å². The van der Waals surface area contributed by atoms with Crippen molar-refractivity contribution in [2.75, 3.05) is 5.32 Å². The zero-order valence-electron chi connectivity index (χ0n) is 9.09. The van der Waals surface area contributed by atoms with E-state index in [2.05, 4.69) is 10.3 Å². The number of benzene rings is 1. The largest absolute Gasteiger partial charge is 0.508 e. The van der Waals surface area contributed by atoms with E-state index in [9.17, 15) is 5.11 Å². The Balaban J connectivity index is 2.15. The minimum Gasteiger partial charge on any atom is -0.508 e. The standard InChI is InChI=1S/C13H14N2O/c1-10(12-6-2-3-7-13(12)16)15-11-5-4-8-14-9-11/h2-10,15-16H,1H3. The summed E-state index contributed by atoms with van der Waals surface area (Å²) in [6, 6.07) is 11.2. The highest BCUT2D eigenvalue weighted by molar-refractivity contribution is 5.45. The van der Waals surface area contributed by atoms with E-state index < -0.39 is 0 Å². The quantitative estimate of drug-likeness (QED) is 0.825. The number of nitrogens with one attached hydrogen (secondary N) is 1. The number of rotatable bonds is 3. The summed E-state index contributed by atoms with van der Waals surface area (Å²) in [6.45, 7) is 2.00. The Morgan fingerprint density at radius 1 is 1.19 bits per heavy atom. The van der Waals surface area contributed by atoms with E-state index >= 15 is 0 Å². The van der Waals surface area contributed by atoms with Crippen molar-refractivity contribution in [3.8, 4) is 5.75 Å². The SMILES string of the molecule is CC(Nc1cccnc1)c1ccccc1O. The molecule has 0 radical (unpaired) electrons. The maximum atomic E-state index is 9.70. The molecule has 3 nitrogen and oxygen atoms in total. The maximum Gasteiger partial charge on any atom is 0.120 e. The predicted molar refractivity (Wildman–Crippen MR) is 64.4 cm³/mol. The lowest BCUT2D eigenvalue weighted by molar-refractivity contribution is 0.465. The maximum absolute atomic E-state index is 9.70. The van der Waals surface area contributed by atoms with Gasteiger partial charge in [-0.1, -0.05) is 18.2 Å². The number of hydrogen-bond acceptors (Lipinski definition) is 3. The molecule has 1 aromatic carbocycles. The first kappa shape index (κ1) is 10.5. The van der Waals surface area contributed by atoms with E-state index in [4.69, 9.17) is 0 Å². The molecule has 2 N–H and O–H groups in total. The number of hydrogen-bond donors (Lipinski definition) is 2. The van der Waals surface area contributed by atoms with Crippen molar-refractivity contribution < 1.29 is 5.11 Å². The van der Waals surface area contributed by atoms with E-state index in [0.29, 0.717) is 5.75 Å². The molecule has 0 aliphatic carbocycles. The fraction of sp³-hybridized carbons (Fsp3) is 0.154. The molecule has 1 aromatic heterocycles. The van der Waals surface area contributed by atoms with Crippen molar-refractivity contribution in [3.05, 3.63) is 54.4 Å². The van der Waals surface area contributed by atoms with Crippen LogP contribution in [0.25, 0.3) is 0 Å². The van der Waals surface area contributed by atoms with Crippen LogP contribution in [0.2, 0.25) is 0 Å². The second-order valence-electron chi connectivity index (χ2n) is 3.67. The zero-order chi connectivity index (χ0) is 11.4. The molecule has 0 saturated heterocycles. The Bertz CT molecular complexity index is 456. The average Bonchev–Trinajstić information content (AvgIpc) is 2.31. The summed E-state index contributed by atoms with van der Waals surface area (Å²) < 4.78 is 0. The van der Waals surface area contributed by atoms with Crippen LogP contribution in [-0.4, -0.2) is 10.1 Å². The van der Waals surface area contributed by atoms with Gasteiger partial charge in [0.25, 0.3) is 0 Å². The smallest absolute Gasteiger partial charge is 0.120 e. The number of pyridine rings is 1. The highest BCUT2D eigenvalue weighted by atomic mass is 16.3. The van der Waals surface area contributed by atoms with Crippen molar-refractivity contribution in [2.45, 2.75) is 13.0 Å². The lowest BCUT2D eigenvalue weighted by Crippen LogP contribution is -2.06. The molecule has 1 heterocycles. The number of aromatic hydroxyl groups is 1. The van der Waals surface area contributed by atoms with Gasteiger partial charge in [0, 0.05) is 18.0 Å². The van der Waals surface area contributed by atoms with Crippen LogP contribution in [0.4, 0.5) is 5.69 Å². The van der Waals surface area contributed by atoms with Crippen molar-refractivity contribution in [1.29, 1.82) is 0 Å². The molecule has 0 aliphatic rings. The molecule has 1 unspecified atom stereocenters. The van der Waals surface area contributed by atoms with Crippen LogP contribution in [0.5, 0.6) is 5.75 Å². The Hall–Kier alpha value is -2.03. The van der Waals surface area contributed by atoms with Gasteiger partial charge in [-0.25, -0.2) is 0 Å². The summed E-state index contributed by atoms with van der Waals surface area (Å²) in [6.07, 6.45) is 3.49. The van der Waals surface area contributed by atoms with Gasteiger partial charge >= 0.3 is 0 Å². The topological polar surface area (TPSA) is 45.2 Å². The molecule has 0 saturated carbocycles. The molecular weight excluding hydrogens is 200 g/mol. The van der Waals surface area contributed by atoms with Crippen LogP contribution in [0, 0.1) is 0 Å². The van der Waals surface area contributed by atoms with Gasteiger partial charge in [-0.05, 0) is 25.1 Å². The number of nitrogens with zero attached hydrogens (tertiary/aromatic N) is 1. The van der Waals surface area contributed by atoms with Crippen molar-refractivity contribution >= 4 is 5.69 Å². The van der Waals surface area contributed by atoms with Crippen LogP contribution < -0.4 is 5.32 Å². The summed E-state index contributed by atoms with van der Waals surface area (Å²) in [4.78, 5) is 4.03. The minimum atomic E-state index is 0.0467.